The van der Waals surface area contributed by atoms with Crippen LogP contribution in [0.15, 0.2) is 36.5 Å². The Hall–Kier alpha value is -2.01. The van der Waals surface area contributed by atoms with Crippen LogP contribution < -0.4 is 4.74 Å². The van der Waals surface area contributed by atoms with E-state index < -0.39 is 11.6 Å². The smallest absolute Gasteiger partial charge is 0.172 e. The fourth-order valence-electron chi connectivity index (χ4n) is 3.02. The molecule has 122 valence electrons. The minimum atomic E-state index is -0.630. The first-order valence-electron chi connectivity index (χ1n) is 7.74. The molecule has 0 N–H and O–H groups in total. The van der Waals surface area contributed by atoms with Crippen LogP contribution >= 0.6 is 0 Å². The van der Waals surface area contributed by atoms with Crippen LogP contribution in [-0.4, -0.2) is 24.0 Å². The molecule has 5 heteroatoms. The average Bonchev–Trinajstić information content (AvgIpc) is 3.38. The molecule has 0 unspecified atom stereocenters. The van der Waals surface area contributed by atoms with Crippen molar-refractivity contribution in [1.82, 2.24) is 9.88 Å². The molecule has 1 aliphatic rings. The summed E-state index contributed by atoms with van der Waals surface area (Å²) in [4.78, 5) is 6.40. The summed E-state index contributed by atoms with van der Waals surface area (Å²) in [6.45, 7) is 0.173. The van der Waals surface area contributed by atoms with Gasteiger partial charge in [-0.3, -0.25) is 9.88 Å². The molecule has 1 atom stereocenters. The standard InChI is InChI=1S/C18H20F2N2O/c1-22(11-13-14(19)8-9-16(23-2)17(13)20)18(12-6-7-12)15-5-3-4-10-21-15/h3-5,8-10,12,18H,6-7,11H2,1-2H3/t18-/m0/s1. The predicted octanol–water partition coefficient (Wildman–Crippen LogP) is 3.95. The summed E-state index contributed by atoms with van der Waals surface area (Å²) >= 11 is 0. The van der Waals surface area contributed by atoms with E-state index in [1.807, 2.05) is 30.1 Å². The number of halogens is 2. The lowest BCUT2D eigenvalue weighted by Crippen LogP contribution is -2.27. The van der Waals surface area contributed by atoms with Gasteiger partial charge in [-0.05, 0) is 50.1 Å². The minimum absolute atomic E-state index is 0.0356. The highest BCUT2D eigenvalue weighted by Crippen LogP contribution is 2.44. The van der Waals surface area contributed by atoms with Crippen molar-refractivity contribution in [2.24, 2.45) is 5.92 Å². The fourth-order valence-corrected chi connectivity index (χ4v) is 3.02. The van der Waals surface area contributed by atoms with Gasteiger partial charge in [-0.1, -0.05) is 6.07 Å². The van der Waals surface area contributed by atoms with Gasteiger partial charge in [-0.15, -0.1) is 0 Å². The van der Waals surface area contributed by atoms with Crippen molar-refractivity contribution in [3.05, 3.63) is 59.4 Å². The number of benzene rings is 1. The molecule has 1 aliphatic carbocycles. The van der Waals surface area contributed by atoms with Crippen molar-refractivity contribution in [2.45, 2.75) is 25.4 Å². The molecule has 3 nitrogen and oxygen atoms in total. The van der Waals surface area contributed by atoms with Crippen LogP contribution in [0.2, 0.25) is 0 Å². The van der Waals surface area contributed by atoms with Gasteiger partial charge in [-0.25, -0.2) is 8.78 Å². The summed E-state index contributed by atoms with van der Waals surface area (Å²) in [5.41, 5.74) is 0.981. The summed E-state index contributed by atoms with van der Waals surface area (Å²) in [6, 6.07) is 8.41. The van der Waals surface area contributed by atoms with Crippen LogP contribution in [0.3, 0.4) is 0 Å². The molecule has 23 heavy (non-hydrogen) atoms. The first kappa shape index (κ1) is 15.9. The quantitative estimate of drug-likeness (QED) is 0.806. The zero-order valence-electron chi connectivity index (χ0n) is 13.3. The average molecular weight is 318 g/mol. The molecule has 2 aromatic rings. The minimum Gasteiger partial charge on any atom is -0.494 e. The van der Waals surface area contributed by atoms with E-state index in [0.29, 0.717) is 5.92 Å². The molecule has 1 saturated carbocycles. The van der Waals surface area contributed by atoms with E-state index in [9.17, 15) is 8.78 Å². The van der Waals surface area contributed by atoms with E-state index in [4.69, 9.17) is 4.74 Å². The molecule has 0 spiro atoms. The largest absolute Gasteiger partial charge is 0.494 e. The van der Waals surface area contributed by atoms with Crippen molar-refractivity contribution in [3.8, 4) is 5.75 Å². The van der Waals surface area contributed by atoms with Gasteiger partial charge in [0.1, 0.15) is 5.82 Å². The maximum atomic E-state index is 14.4. The van der Waals surface area contributed by atoms with Crippen molar-refractivity contribution in [3.63, 3.8) is 0 Å². The van der Waals surface area contributed by atoms with Crippen LogP contribution in [0.1, 0.15) is 30.1 Å². The summed E-state index contributed by atoms with van der Waals surface area (Å²) in [6.07, 6.45) is 3.99. The van der Waals surface area contributed by atoms with Crippen molar-refractivity contribution in [1.29, 1.82) is 0 Å². The van der Waals surface area contributed by atoms with Crippen LogP contribution in [-0.2, 0) is 6.54 Å². The molecule has 0 radical (unpaired) electrons. The number of methoxy groups -OCH3 is 1. The Morgan fingerprint density at radius 3 is 2.65 bits per heavy atom. The summed E-state index contributed by atoms with van der Waals surface area (Å²) in [5.74, 6) is -0.622. The Morgan fingerprint density at radius 2 is 2.04 bits per heavy atom. The van der Waals surface area contributed by atoms with E-state index in [1.54, 1.807) is 6.20 Å². The first-order valence-corrected chi connectivity index (χ1v) is 7.74. The van der Waals surface area contributed by atoms with Gasteiger partial charge in [0.25, 0.3) is 0 Å². The Bertz CT molecular complexity index is 674. The first-order chi connectivity index (χ1) is 11.1. The third-order valence-electron chi connectivity index (χ3n) is 4.31. The Balaban J connectivity index is 1.87. The predicted molar refractivity (Wildman–Crippen MR) is 84.1 cm³/mol. The number of ether oxygens (including phenoxy) is 1. The van der Waals surface area contributed by atoms with E-state index in [1.165, 1.54) is 19.2 Å². The molecular formula is C18H20F2N2O. The SMILES string of the molecule is COc1ccc(F)c(CN(C)[C@H](c2ccccn2)C2CC2)c1F. The molecule has 0 saturated heterocycles. The maximum Gasteiger partial charge on any atom is 0.172 e. The zero-order chi connectivity index (χ0) is 16.4. The molecule has 0 amide bonds. The zero-order valence-corrected chi connectivity index (χ0v) is 13.3. The molecular weight excluding hydrogens is 298 g/mol. The number of aromatic nitrogens is 1. The molecule has 0 bridgehead atoms. The van der Waals surface area contributed by atoms with E-state index in [-0.39, 0.29) is 23.9 Å². The highest BCUT2D eigenvalue weighted by atomic mass is 19.1. The molecule has 0 aliphatic heterocycles. The van der Waals surface area contributed by atoms with Gasteiger partial charge in [0.2, 0.25) is 0 Å². The molecule has 1 heterocycles. The van der Waals surface area contributed by atoms with Crippen LogP contribution in [0, 0.1) is 17.6 Å². The lowest BCUT2D eigenvalue weighted by molar-refractivity contribution is 0.202. The Morgan fingerprint density at radius 1 is 1.26 bits per heavy atom. The van der Waals surface area contributed by atoms with E-state index in [0.717, 1.165) is 18.5 Å². The monoisotopic (exact) mass is 318 g/mol. The second-order valence-electron chi connectivity index (χ2n) is 5.99. The van der Waals surface area contributed by atoms with Gasteiger partial charge in [-0.2, -0.15) is 0 Å². The van der Waals surface area contributed by atoms with E-state index in [2.05, 4.69) is 4.98 Å². The van der Waals surface area contributed by atoms with Crippen molar-refractivity contribution >= 4 is 0 Å². The van der Waals surface area contributed by atoms with Crippen LogP contribution in [0.4, 0.5) is 8.78 Å². The van der Waals surface area contributed by atoms with Gasteiger partial charge in [0.15, 0.2) is 11.6 Å². The fraction of sp³-hybridized carbons (Fsp3) is 0.389. The lowest BCUT2D eigenvalue weighted by Gasteiger charge is -2.28. The second kappa shape index (κ2) is 6.62. The van der Waals surface area contributed by atoms with Crippen LogP contribution in [0.25, 0.3) is 0 Å². The molecule has 1 fully saturated rings. The second-order valence-corrected chi connectivity index (χ2v) is 5.99. The highest BCUT2D eigenvalue weighted by molar-refractivity contribution is 5.32. The van der Waals surface area contributed by atoms with Gasteiger partial charge in [0, 0.05) is 18.3 Å². The van der Waals surface area contributed by atoms with Gasteiger partial charge < -0.3 is 4.74 Å². The Kier molecular flexibility index (Phi) is 4.57. The summed E-state index contributed by atoms with van der Waals surface area (Å²) in [5, 5.41) is 0. The number of pyridine rings is 1. The van der Waals surface area contributed by atoms with E-state index >= 15 is 0 Å². The van der Waals surface area contributed by atoms with Crippen molar-refractivity contribution < 1.29 is 13.5 Å². The number of nitrogens with zero attached hydrogens (tertiary/aromatic N) is 2. The van der Waals surface area contributed by atoms with Gasteiger partial charge >= 0.3 is 0 Å². The normalized spacial score (nSPS) is 15.7. The maximum absolute atomic E-state index is 14.4. The molecule has 1 aromatic carbocycles. The third-order valence-corrected chi connectivity index (χ3v) is 4.31. The molecule has 3 rings (SSSR count). The van der Waals surface area contributed by atoms with Crippen LogP contribution in [0.5, 0.6) is 5.75 Å². The van der Waals surface area contributed by atoms with Gasteiger partial charge in [0.05, 0.1) is 18.8 Å². The highest BCUT2D eigenvalue weighted by Gasteiger charge is 2.36. The lowest BCUT2D eigenvalue weighted by atomic mass is 10.0. The number of rotatable bonds is 6. The summed E-state index contributed by atoms with van der Waals surface area (Å²) < 4.78 is 33.4. The Labute approximate surface area is 134 Å². The third kappa shape index (κ3) is 3.34. The number of hydrogen-bond donors (Lipinski definition) is 0. The van der Waals surface area contributed by atoms with Crippen molar-refractivity contribution in [2.75, 3.05) is 14.2 Å². The number of hydrogen-bond acceptors (Lipinski definition) is 3. The topological polar surface area (TPSA) is 25.4 Å². The molecule has 1 aromatic heterocycles. The summed E-state index contributed by atoms with van der Waals surface area (Å²) in [7, 11) is 3.26.